The monoisotopic (exact) mass is 462 g/mol. The molecule has 0 N–H and O–H groups in total. The van der Waals surface area contributed by atoms with E-state index >= 15 is 0 Å². The summed E-state index contributed by atoms with van der Waals surface area (Å²) >= 11 is 4.51. The summed E-state index contributed by atoms with van der Waals surface area (Å²) in [6.45, 7) is 2.03. The third-order valence-electron chi connectivity index (χ3n) is 2.77. The molecule has 18 heavy (non-hydrogen) atoms. The van der Waals surface area contributed by atoms with Crippen molar-refractivity contribution in [3.63, 3.8) is 0 Å². The number of rotatable bonds is 3. The summed E-state index contributed by atoms with van der Waals surface area (Å²) in [6, 6.07) is 14.0. The first-order valence-electron chi connectivity index (χ1n) is 5.60. The molecule has 0 aliphatic rings. The van der Waals surface area contributed by atoms with Crippen molar-refractivity contribution in [2.45, 2.75) is 13.3 Å². The highest BCUT2D eigenvalue weighted by Crippen LogP contribution is 2.19. The lowest BCUT2D eigenvalue weighted by Gasteiger charge is -2.06. The van der Waals surface area contributed by atoms with Gasteiger partial charge in [-0.1, -0.05) is 30.3 Å². The van der Waals surface area contributed by atoms with Gasteiger partial charge in [0.1, 0.15) is 0 Å². The molecule has 0 atom stereocenters. The molecule has 0 heterocycles. The third kappa shape index (κ3) is 3.32. The first kappa shape index (κ1) is 14.0. The Hall–Kier alpha value is -0.430. The molecule has 0 bridgehead atoms. The molecule has 0 spiro atoms. The average molecular weight is 462 g/mol. The van der Waals surface area contributed by atoms with Crippen LogP contribution in [0.25, 0.3) is 0 Å². The Kier molecular flexibility index (Phi) is 4.77. The van der Waals surface area contributed by atoms with Crippen molar-refractivity contribution in [2.24, 2.45) is 0 Å². The van der Waals surface area contributed by atoms with Crippen molar-refractivity contribution in [1.29, 1.82) is 0 Å². The summed E-state index contributed by atoms with van der Waals surface area (Å²) in [7, 11) is 0. The van der Waals surface area contributed by atoms with E-state index in [1.165, 1.54) is 3.57 Å². The maximum atomic E-state index is 12.3. The van der Waals surface area contributed by atoms with E-state index in [4.69, 9.17) is 0 Å². The van der Waals surface area contributed by atoms with E-state index < -0.39 is 0 Å². The van der Waals surface area contributed by atoms with E-state index in [2.05, 4.69) is 45.2 Å². The van der Waals surface area contributed by atoms with Gasteiger partial charge in [-0.2, -0.15) is 0 Å². The van der Waals surface area contributed by atoms with Crippen LogP contribution in [0.2, 0.25) is 0 Å². The number of carbonyl (C=O) groups is 1. The van der Waals surface area contributed by atoms with Gasteiger partial charge in [0.05, 0.1) is 0 Å². The predicted molar refractivity (Wildman–Crippen MR) is 91.1 cm³/mol. The molecule has 1 nitrogen and oxygen atoms in total. The predicted octanol–water partition coefficient (Wildman–Crippen LogP) is 4.63. The van der Waals surface area contributed by atoms with Crippen LogP contribution in [0.1, 0.15) is 21.5 Å². The van der Waals surface area contributed by atoms with E-state index in [1.807, 2.05) is 49.4 Å². The Balaban J connectivity index is 2.22. The number of aryl methyl sites for hydroxylation is 1. The third-order valence-corrected chi connectivity index (χ3v) is 4.92. The minimum Gasteiger partial charge on any atom is -0.294 e. The van der Waals surface area contributed by atoms with Crippen LogP contribution in [-0.4, -0.2) is 5.78 Å². The lowest BCUT2D eigenvalue weighted by Crippen LogP contribution is -2.06. The van der Waals surface area contributed by atoms with Gasteiger partial charge in [-0.3, -0.25) is 4.79 Å². The maximum absolute atomic E-state index is 12.3. The van der Waals surface area contributed by atoms with Gasteiger partial charge < -0.3 is 0 Å². The zero-order valence-electron chi connectivity index (χ0n) is 9.91. The van der Waals surface area contributed by atoms with Crippen LogP contribution in [0.15, 0.2) is 42.5 Å². The smallest absolute Gasteiger partial charge is 0.168 e. The van der Waals surface area contributed by atoms with Crippen LogP contribution in [0, 0.1) is 14.1 Å². The fraction of sp³-hybridized carbons (Fsp3) is 0.133. The van der Waals surface area contributed by atoms with Crippen molar-refractivity contribution in [1.82, 2.24) is 0 Å². The number of benzene rings is 2. The van der Waals surface area contributed by atoms with Crippen molar-refractivity contribution in [3.05, 3.63) is 66.3 Å². The van der Waals surface area contributed by atoms with Gasteiger partial charge in [-0.25, -0.2) is 0 Å². The largest absolute Gasteiger partial charge is 0.294 e. The van der Waals surface area contributed by atoms with Crippen molar-refractivity contribution in [2.75, 3.05) is 0 Å². The molecule has 0 aliphatic heterocycles. The van der Waals surface area contributed by atoms with Crippen molar-refractivity contribution < 1.29 is 4.79 Å². The minimum absolute atomic E-state index is 0.185. The van der Waals surface area contributed by atoms with E-state index in [0.29, 0.717) is 6.42 Å². The molecule has 0 fully saturated rings. The zero-order chi connectivity index (χ0) is 13.1. The molecular formula is C15H12I2O. The minimum atomic E-state index is 0.185. The number of hydrogen-bond donors (Lipinski definition) is 0. The van der Waals surface area contributed by atoms with Crippen LogP contribution in [0.4, 0.5) is 0 Å². The quantitative estimate of drug-likeness (QED) is 0.481. The van der Waals surface area contributed by atoms with Crippen LogP contribution in [0.3, 0.4) is 0 Å². The van der Waals surface area contributed by atoms with Crippen LogP contribution >= 0.6 is 45.2 Å². The Morgan fingerprint density at radius 3 is 2.39 bits per heavy atom. The van der Waals surface area contributed by atoms with Crippen molar-refractivity contribution in [3.8, 4) is 0 Å². The fourth-order valence-electron chi connectivity index (χ4n) is 1.75. The Bertz CT molecular complexity index is 574. The average Bonchev–Trinajstić information content (AvgIpc) is 2.35. The number of Topliss-reactive ketones (excluding diaryl/α,β-unsaturated/α-hetero) is 1. The standard InChI is InChI=1S/C15H12I2O/c1-10-3-2-4-13(15(10)17)14(18)9-11-5-7-12(16)8-6-11/h2-8H,9H2,1H3. The SMILES string of the molecule is Cc1cccc(C(=O)Cc2ccc(I)cc2)c1I. The summed E-state index contributed by atoms with van der Waals surface area (Å²) < 4.78 is 2.25. The first-order chi connectivity index (χ1) is 8.58. The van der Waals surface area contributed by atoms with Crippen molar-refractivity contribution >= 4 is 51.0 Å². The molecule has 0 aromatic heterocycles. The highest BCUT2D eigenvalue weighted by molar-refractivity contribution is 14.1. The highest BCUT2D eigenvalue weighted by Gasteiger charge is 2.11. The zero-order valence-corrected chi connectivity index (χ0v) is 14.2. The Morgan fingerprint density at radius 2 is 1.72 bits per heavy atom. The highest BCUT2D eigenvalue weighted by atomic mass is 127. The summed E-state index contributed by atoms with van der Waals surface area (Å²) in [4.78, 5) is 12.3. The van der Waals surface area contributed by atoms with Gasteiger partial charge in [0.2, 0.25) is 0 Å². The Labute approximate surface area is 134 Å². The maximum Gasteiger partial charge on any atom is 0.168 e. The number of ketones is 1. The molecule has 0 saturated heterocycles. The van der Waals surface area contributed by atoms with Gasteiger partial charge in [0, 0.05) is 19.1 Å². The second-order valence-electron chi connectivity index (χ2n) is 4.16. The lowest BCUT2D eigenvalue weighted by atomic mass is 10.0. The second kappa shape index (κ2) is 6.14. The molecule has 0 unspecified atom stereocenters. The van der Waals surface area contributed by atoms with E-state index in [1.54, 1.807) is 0 Å². The molecule has 92 valence electrons. The summed E-state index contributed by atoms with van der Waals surface area (Å²) in [6.07, 6.45) is 0.469. The normalized spacial score (nSPS) is 10.4. The summed E-state index contributed by atoms with van der Waals surface area (Å²) in [5.41, 5.74) is 3.05. The molecule has 3 heteroatoms. The topological polar surface area (TPSA) is 17.1 Å². The number of halogens is 2. The molecule has 2 rings (SSSR count). The van der Waals surface area contributed by atoms with Crippen LogP contribution in [-0.2, 0) is 6.42 Å². The van der Waals surface area contributed by atoms with Crippen LogP contribution < -0.4 is 0 Å². The number of hydrogen-bond acceptors (Lipinski definition) is 1. The molecule has 0 radical (unpaired) electrons. The van der Waals surface area contributed by atoms with Gasteiger partial charge in [0.15, 0.2) is 5.78 Å². The molecule has 0 saturated carbocycles. The molecule has 0 aliphatic carbocycles. The lowest BCUT2D eigenvalue weighted by molar-refractivity contribution is 0.0992. The number of carbonyl (C=O) groups excluding carboxylic acids is 1. The van der Waals surface area contributed by atoms with Crippen LogP contribution in [0.5, 0.6) is 0 Å². The second-order valence-corrected chi connectivity index (χ2v) is 6.49. The fourth-order valence-corrected chi connectivity index (χ4v) is 2.77. The van der Waals surface area contributed by atoms with Gasteiger partial charge in [0.25, 0.3) is 0 Å². The molecule has 0 amide bonds. The van der Waals surface area contributed by atoms with E-state index in [-0.39, 0.29) is 5.78 Å². The first-order valence-corrected chi connectivity index (χ1v) is 7.76. The van der Waals surface area contributed by atoms with Gasteiger partial charge >= 0.3 is 0 Å². The molecular weight excluding hydrogens is 450 g/mol. The summed E-state index contributed by atoms with van der Waals surface area (Å²) in [5, 5.41) is 0. The van der Waals surface area contributed by atoms with Gasteiger partial charge in [-0.15, -0.1) is 0 Å². The summed E-state index contributed by atoms with van der Waals surface area (Å²) in [5.74, 6) is 0.185. The molecule has 2 aromatic rings. The Morgan fingerprint density at radius 1 is 1.06 bits per heavy atom. The van der Waals surface area contributed by atoms with Gasteiger partial charge in [-0.05, 0) is 75.4 Å². The molecule has 2 aromatic carbocycles. The van der Waals surface area contributed by atoms with E-state index in [9.17, 15) is 4.79 Å². The van der Waals surface area contributed by atoms with E-state index in [0.717, 1.165) is 20.3 Å².